The second kappa shape index (κ2) is 5.43. The normalized spacial score (nSPS) is 28.5. The van der Waals surface area contributed by atoms with Crippen LogP contribution in [0.15, 0.2) is 20.9 Å². The van der Waals surface area contributed by atoms with E-state index in [4.69, 9.17) is 5.73 Å². The predicted octanol–water partition coefficient (Wildman–Crippen LogP) is 2.73. The first-order valence-corrected chi connectivity index (χ1v) is 8.91. The van der Waals surface area contributed by atoms with Gasteiger partial charge in [0.1, 0.15) is 0 Å². The van der Waals surface area contributed by atoms with E-state index in [1.54, 1.807) is 0 Å². The molecule has 2 aliphatic rings. The Bertz CT molecular complexity index is 454. The Kier molecular flexibility index (Phi) is 3.86. The van der Waals surface area contributed by atoms with E-state index in [0.29, 0.717) is 12.0 Å². The lowest BCUT2D eigenvalue weighted by Gasteiger charge is -2.27. The lowest BCUT2D eigenvalue weighted by atomic mass is 10.3. The summed E-state index contributed by atoms with van der Waals surface area (Å²) in [6.07, 6.45) is 1.15. The van der Waals surface area contributed by atoms with Crippen molar-refractivity contribution in [1.82, 2.24) is 4.90 Å². The van der Waals surface area contributed by atoms with Crippen LogP contribution in [-0.4, -0.2) is 41.5 Å². The summed E-state index contributed by atoms with van der Waals surface area (Å²) >= 11 is 7.32. The summed E-state index contributed by atoms with van der Waals surface area (Å²) < 4.78 is 1.20. The molecule has 0 unspecified atom stereocenters. The van der Waals surface area contributed by atoms with Gasteiger partial charge in [0.25, 0.3) is 0 Å². The summed E-state index contributed by atoms with van der Waals surface area (Å²) in [6, 6.07) is 4.72. The van der Waals surface area contributed by atoms with Gasteiger partial charge in [0.05, 0.1) is 9.83 Å². The maximum atomic E-state index is 6.10. The van der Waals surface area contributed by atoms with E-state index in [1.165, 1.54) is 20.2 Å². The number of hydrogen-bond acceptors (Lipinski definition) is 3. The highest BCUT2D eigenvalue weighted by Crippen LogP contribution is 2.46. The number of rotatable bonds is 2. The van der Waals surface area contributed by atoms with Gasteiger partial charge < -0.3 is 10.6 Å². The summed E-state index contributed by atoms with van der Waals surface area (Å²) in [5.41, 5.74) is 6.10. The summed E-state index contributed by atoms with van der Waals surface area (Å²) in [7, 11) is 0. The molecular weight excluding hydrogens is 330 g/mol. The van der Waals surface area contributed by atoms with Crippen molar-refractivity contribution in [2.75, 3.05) is 24.6 Å². The zero-order valence-corrected chi connectivity index (χ0v) is 13.2. The molecule has 0 aromatic carbocycles. The number of nitrogens with zero attached hydrogens (tertiary/aromatic N) is 2. The van der Waals surface area contributed by atoms with E-state index < -0.39 is 0 Å². The molecule has 0 amide bonds. The van der Waals surface area contributed by atoms with E-state index >= 15 is 0 Å². The highest BCUT2D eigenvalue weighted by Gasteiger charge is 2.39. The van der Waals surface area contributed by atoms with Crippen molar-refractivity contribution in [3.63, 3.8) is 0 Å². The van der Waals surface area contributed by atoms with Crippen LogP contribution >= 0.6 is 39.0 Å². The first kappa shape index (κ1) is 12.8. The van der Waals surface area contributed by atoms with Crippen molar-refractivity contribution in [3.8, 4) is 0 Å². The Balaban J connectivity index is 1.60. The molecule has 98 valence electrons. The fraction of sp³-hybridized carbons (Fsp3) is 0.583. The number of thiophene rings is 1. The number of halogens is 1. The van der Waals surface area contributed by atoms with E-state index in [9.17, 15) is 0 Å². The molecule has 1 aromatic rings. The SMILES string of the molecule is NC(=N[C@@H]1C[C@H]1c1ccc(Br)s1)N1CCSCC1. The molecule has 1 saturated heterocycles. The first-order chi connectivity index (χ1) is 8.74. The molecule has 1 aromatic heterocycles. The van der Waals surface area contributed by atoms with Crippen LogP contribution in [0.25, 0.3) is 0 Å². The third-order valence-electron chi connectivity index (χ3n) is 3.35. The molecule has 0 bridgehead atoms. The molecule has 3 nitrogen and oxygen atoms in total. The Morgan fingerprint density at radius 2 is 2.17 bits per heavy atom. The number of thioether (sulfide) groups is 1. The molecule has 2 N–H and O–H groups in total. The van der Waals surface area contributed by atoms with Crippen molar-refractivity contribution in [3.05, 3.63) is 20.8 Å². The molecule has 0 spiro atoms. The molecule has 2 heterocycles. The number of hydrogen-bond donors (Lipinski definition) is 1. The van der Waals surface area contributed by atoms with Gasteiger partial charge in [-0.15, -0.1) is 11.3 Å². The van der Waals surface area contributed by atoms with E-state index in [-0.39, 0.29) is 0 Å². The van der Waals surface area contributed by atoms with E-state index in [0.717, 1.165) is 25.5 Å². The summed E-state index contributed by atoms with van der Waals surface area (Å²) in [5.74, 6) is 3.68. The average Bonchev–Trinajstić information content (AvgIpc) is 3.02. The molecule has 2 atom stereocenters. The zero-order valence-electron chi connectivity index (χ0n) is 10.0. The molecule has 1 aliphatic heterocycles. The van der Waals surface area contributed by atoms with Crippen molar-refractivity contribution < 1.29 is 0 Å². The number of guanidine groups is 1. The number of nitrogens with two attached hydrogens (primary N) is 1. The molecule has 6 heteroatoms. The van der Waals surface area contributed by atoms with Gasteiger partial charge >= 0.3 is 0 Å². The summed E-state index contributed by atoms with van der Waals surface area (Å²) in [5, 5.41) is 0. The zero-order chi connectivity index (χ0) is 12.5. The minimum Gasteiger partial charge on any atom is -0.370 e. The lowest BCUT2D eigenvalue weighted by Crippen LogP contribution is -2.42. The Morgan fingerprint density at radius 1 is 1.39 bits per heavy atom. The van der Waals surface area contributed by atoms with Crippen LogP contribution in [0.4, 0.5) is 0 Å². The third kappa shape index (κ3) is 2.86. The predicted molar refractivity (Wildman–Crippen MR) is 83.7 cm³/mol. The van der Waals surface area contributed by atoms with Gasteiger partial charge in [-0.1, -0.05) is 0 Å². The molecule has 2 fully saturated rings. The standard InChI is InChI=1S/C12H16BrN3S2/c13-11-2-1-10(18-11)8-7-9(8)15-12(14)16-3-5-17-6-4-16/h1-2,8-9H,3-7H2,(H2,14,15)/t8-,9-/m1/s1. The maximum absolute atomic E-state index is 6.10. The largest absolute Gasteiger partial charge is 0.370 e. The maximum Gasteiger partial charge on any atom is 0.191 e. The van der Waals surface area contributed by atoms with Crippen molar-refractivity contribution in [2.45, 2.75) is 18.4 Å². The topological polar surface area (TPSA) is 41.6 Å². The summed E-state index contributed by atoms with van der Waals surface area (Å²) in [4.78, 5) is 8.33. The van der Waals surface area contributed by atoms with Gasteiger partial charge in [-0.25, -0.2) is 4.99 Å². The van der Waals surface area contributed by atoms with Crippen LogP contribution in [0.2, 0.25) is 0 Å². The molecular formula is C12H16BrN3S2. The van der Waals surface area contributed by atoms with Gasteiger partial charge in [-0.2, -0.15) is 11.8 Å². The second-order valence-corrected chi connectivity index (χ2v) is 8.36. The fourth-order valence-electron chi connectivity index (χ4n) is 2.20. The third-order valence-corrected chi connectivity index (χ3v) is 6.05. The highest BCUT2D eigenvalue weighted by atomic mass is 79.9. The summed E-state index contributed by atoms with van der Waals surface area (Å²) in [6.45, 7) is 2.09. The minimum atomic E-state index is 0.408. The van der Waals surface area contributed by atoms with Crippen LogP contribution in [0.5, 0.6) is 0 Å². The molecule has 3 rings (SSSR count). The Labute approximate surface area is 124 Å². The number of aliphatic imine (C=N–C) groups is 1. The lowest BCUT2D eigenvalue weighted by molar-refractivity contribution is 0.455. The van der Waals surface area contributed by atoms with Crippen LogP contribution in [0.1, 0.15) is 17.2 Å². The van der Waals surface area contributed by atoms with Gasteiger partial charge in [0.15, 0.2) is 5.96 Å². The van der Waals surface area contributed by atoms with Crippen molar-refractivity contribution in [2.24, 2.45) is 10.7 Å². The van der Waals surface area contributed by atoms with Gasteiger partial charge in [-0.05, 0) is 34.5 Å². The highest BCUT2D eigenvalue weighted by molar-refractivity contribution is 9.11. The Hall–Kier alpha value is -0.200. The van der Waals surface area contributed by atoms with Gasteiger partial charge in [-0.3, -0.25) is 0 Å². The molecule has 0 radical (unpaired) electrons. The van der Waals surface area contributed by atoms with Crippen LogP contribution in [0, 0.1) is 0 Å². The van der Waals surface area contributed by atoms with Gasteiger partial charge in [0.2, 0.25) is 0 Å². The molecule has 1 saturated carbocycles. The quantitative estimate of drug-likeness (QED) is 0.661. The Morgan fingerprint density at radius 3 is 2.83 bits per heavy atom. The fourth-order valence-corrected chi connectivity index (χ4v) is 4.70. The van der Waals surface area contributed by atoms with E-state index in [1.807, 2.05) is 23.1 Å². The average molecular weight is 346 g/mol. The van der Waals surface area contributed by atoms with Crippen LogP contribution < -0.4 is 5.73 Å². The monoisotopic (exact) mass is 345 g/mol. The van der Waals surface area contributed by atoms with Crippen LogP contribution in [-0.2, 0) is 0 Å². The molecule has 18 heavy (non-hydrogen) atoms. The van der Waals surface area contributed by atoms with Crippen molar-refractivity contribution in [1.29, 1.82) is 0 Å². The first-order valence-electron chi connectivity index (χ1n) is 6.15. The van der Waals surface area contributed by atoms with E-state index in [2.05, 4.69) is 38.0 Å². The minimum absolute atomic E-state index is 0.408. The smallest absolute Gasteiger partial charge is 0.191 e. The van der Waals surface area contributed by atoms with Gasteiger partial charge in [0, 0.05) is 35.4 Å². The van der Waals surface area contributed by atoms with Crippen molar-refractivity contribution >= 4 is 45.0 Å². The molecule has 1 aliphatic carbocycles. The second-order valence-electron chi connectivity index (χ2n) is 4.64. The van der Waals surface area contributed by atoms with Crippen LogP contribution in [0.3, 0.4) is 0 Å².